The minimum atomic E-state index is -0.481. The van der Waals surface area contributed by atoms with E-state index in [4.69, 9.17) is 0 Å². The van der Waals surface area contributed by atoms with Crippen LogP contribution in [0, 0.1) is 10.1 Å². The van der Waals surface area contributed by atoms with Gasteiger partial charge in [-0.2, -0.15) is 5.10 Å². The van der Waals surface area contributed by atoms with Gasteiger partial charge in [0.1, 0.15) is 11.7 Å². The average Bonchev–Trinajstić information content (AvgIpc) is 3.30. The Morgan fingerprint density at radius 3 is 2.58 bits per heavy atom. The standard InChI is InChI=1S/C26H22N6O4/c33-24(14-18-8-10-21(11-9-18)32(35)36)27-12-13-31-25-23(15-29-31)26(34)30(17-28-25)16-20-6-3-5-19-4-1-2-7-22(19)20/h1-11,15,17H,12-14,16H2,(H,27,33). The fourth-order valence-corrected chi connectivity index (χ4v) is 4.17. The lowest BCUT2D eigenvalue weighted by atomic mass is 10.0. The van der Waals surface area contributed by atoms with Gasteiger partial charge in [0.05, 0.1) is 30.6 Å². The Labute approximate surface area is 205 Å². The monoisotopic (exact) mass is 482 g/mol. The van der Waals surface area contributed by atoms with Crippen LogP contribution in [0.3, 0.4) is 0 Å². The van der Waals surface area contributed by atoms with Gasteiger partial charge in [0.25, 0.3) is 11.2 Å². The number of aromatic nitrogens is 4. The van der Waals surface area contributed by atoms with E-state index in [1.165, 1.54) is 24.7 Å². The van der Waals surface area contributed by atoms with Crippen molar-refractivity contribution in [1.82, 2.24) is 24.6 Å². The number of nitro benzene ring substituents is 1. The molecule has 0 unspecified atom stereocenters. The van der Waals surface area contributed by atoms with Crippen molar-refractivity contribution in [2.45, 2.75) is 19.5 Å². The molecule has 2 aromatic heterocycles. The molecule has 2 heterocycles. The summed E-state index contributed by atoms with van der Waals surface area (Å²) in [6, 6.07) is 19.9. The Hall–Kier alpha value is -4.86. The molecule has 0 aliphatic carbocycles. The molecule has 0 fully saturated rings. The van der Waals surface area contributed by atoms with E-state index in [9.17, 15) is 19.7 Å². The van der Waals surface area contributed by atoms with Gasteiger partial charge in [0.15, 0.2) is 5.65 Å². The topological polar surface area (TPSA) is 125 Å². The number of hydrogen-bond acceptors (Lipinski definition) is 6. The largest absolute Gasteiger partial charge is 0.354 e. The number of carbonyl (C=O) groups is 1. The van der Waals surface area contributed by atoms with Gasteiger partial charge in [-0.05, 0) is 21.9 Å². The first kappa shape index (κ1) is 22.9. The van der Waals surface area contributed by atoms with Crippen molar-refractivity contribution in [3.05, 3.63) is 111 Å². The second kappa shape index (κ2) is 9.79. The van der Waals surface area contributed by atoms with Gasteiger partial charge in [-0.15, -0.1) is 0 Å². The molecule has 0 saturated heterocycles. The molecule has 10 nitrogen and oxygen atoms in total. The summed E-state index contributed by atoms with van der Waals surface area (Å²) in [5.41, 5.74) is 1.96. The van der Waals surface area contributed by atoms with Crippen molar-refractivity contribution in [2.75, 3.05) is 6.54 Å². The van der Waals surface area contributed by atoms with Crippen LogP contribution in [0.25, 0.3) is 21.8 Å². The maximum Gasteiger partial charge on any atom is 0.269 e. The summed E-state index contributed by atoms with van der Waals surface area (Å²) >= 11 is 0. The number of nitrogens with zero attached hydrogens (tertiary/aromatic N) is 5. The number of carbonyl (C=O) groups excluding carboxylic acids is 1. The number of hydrogen-bond donors (Lipinski definition) is 1. The molecule has 0 aliphatic heterocycles. The van der Waals surface area contributed by atoms with Crippen LogP contribution in [0.1, 0.15) is 11.1 Å². The minimum Gasteiger partial charge on any atom is -0.354 e. The predicted molar refractivity (Wildman–Crippen MR) is 135 cm³/mol. The number of amides is 1. The van der Waals surface area contributed by atoms with E-state index >= 15 is 0 Å². The van der Waals surface area contributed by atoms with Crippen molar-refractivity contribution in [2.24, 2.45) is 0 Å². The minimum absolute atomic E-state index is 0.0200. The predicted octanol–water partition coefficient (Wildman–Crippen LogP) is 3.06. The van der Waals surface area contributed by atoms with Crippen molar-refractivity contribution in [3.8, 4) is 0 Å². The number of nitrogens with one attached hydrogen (secondary N) is 1. The van der Waals surface area contributed by atoms with Crippen LogP contribution in [0.15, 0.2) is 84.0 Å². The van der Waals surface area contributed by atoms with Gasteiger partial charge in [0, 0.05) is 18.7 Å². The fourth-order valence-electron chi connectivity index (χ4n) is 4.17. The number of non-ortho nitro benzene ring substituents is 1. The summed E-state index contributed by atoms with van der Waals surface area (Å²) in [6.45, 7) is 1.03. The Bertz CT molecular complexity index is 1630. The summed E-state index contributed by atoms with van der Waals surface area (Å²) < 4.78 is 3.16. The normalized spacial score (nSPS) is 11.1. The third-order valence-corrected chi connectivity index (χ3v) is 6.00. The van der Waals surface area contributed by atoms with Gasteiger partial charge in [-0.25, -0.2) is 9.67 Å². The first-order chi connectivity index (χ1) is 17.5. The van der Waals surface area contributed by atoms with Crippen LogP contribution in [0.5, 0.6) is 0 Å². The average molecular weight is 483 g/mol. The van der Waals surface area contributed by atoms with Crippen molar-refractivity contribution in [3.63, 3.8) is 0 Å². The molecule has 0 saturated carbocycles. The molecular formula is C26H22N6O4. The Balaban J connectivity index is 1.24. The third-order valence-electron chi connectivity index (χ3n) is 6.00. The van der Waals surface area contributed by atoms with Gasteiger partial charge in [-0.1, -0.05) is 54.6 Å². The van der Waals surface area contributed by atoms with Crippen molar-refractivity contribution >= 4 is 33.4 Å². The van der Waals surface area contributed by atoms with Crippen molar-refractivity contribution < 1.29 is 9.72 Å². The highest BCUT2D eigenvalue weighted by Crippen LogP contribution is 2.19. The molecule has 36 heavy (non-hydrogen) atoms. The maximum absolute atomic E-state index is 13.1. The lowest BCUT2D eigenvalue weighted by Gasteiger charge is -2.09. The highest BCUT2D eigenvalue weighted by atomic mass is 16.6. The van der Waals surface area contributed by atoms with E-state index in [0.717, 1.165) is 16.3 Å². The van der Waals surface area contributed by atoms with Gasteiger partial charge in [0.2, 0.25) is 5.91 Å². The van der Waals surface area contributed by atoms with Crippen LogP contribution in [0.2, 0.25) is 0 Å². The molecular weight excluding hydrogens is 460 g/mol. The zero-order valence-corrected chi connectivity index (χ0v) is 19.2. The molecule has 0 radical (unpaired) electrons. The summed E-state index contributed by atoms with van der Waals surface area (Å²) in [5.74, 6) is -0.217. The smallest absolute Gasteiger partial charge is 0.269 e. The lowest BCUT2D eigenvalue weighted by molar-refractivity contribution is -0.384. The summed E-state index contributed by atoms with van der Waals surface area (Å²) in [4.78, 5) is 40.1. The molecule has 180 valence electrons. The lowest BCUT2D eigenvalue weighted by Crippen LogP contribution is -2.29. The summed E-state index contributed by atoms with van der Waals surface area (Å²) in [6.07, 6.45) is 3.13. The molecule has 0 bridgehead atoms. The van der Waals surface area contributed by atoms with Gasteiger partial charge < -0.3 is 5.32 Å². The van der Waals surface area contributed by atoms with Crippen LogP contribution in [-0.4, -0.2) is 36.7 Å². The molecule has 0 atom stereocenters. The van der Waals surface area contributed by atoms with E-state index in [-0.39, 0.29) is 23.6 Å². The number of rotatable bonds is 8. The van der Waals surface area contributed by atoms with Crippen LogP contribution in [-0.2, 0) is 24.3 Å². The molecule has 1 N–H and O–H groups in total. The maximum atomic E-state index is 13.1. The third kappa shape index (κ3) is 4.69. The SMILES string of the molecule is O=C(Cc1ccc([N+](=O)[O-])cc1)NCCn1ncc2c(=O)n(Cc3cccc4ccccc34)cnc21. The van der Waals surface area contributed by atoms with E-state index in [1.54, 1.807) is 21.4 Å². The Morgan fingerprint density at radius 2 is 1.78 bits per heavy atom. The van der Waals surface area contributed by atoms with Gasteiger partial charge in [-0.3, -0.25) is 24.3 Å². The van der Waals surface area contributed by atoms with Crippen molar-refractivity contribution in [1.29, 1.82) is 0 Å². The zero-order chi connectivity index (χ0) is 25.1. The number of fused-ring (bicyclic) bond motifs is 2. The van der Waals surface area contributed by atoms with Crippen LogP contribution in [0.4, 0.5) is 5.69 Å². The highest BCUT2D eigenvalue weighted by Gasteiger charge is 2.12. The zero-order valence-electron chi connectivity index (χ0n) is 19.2. The Kier molecular flexibility index (Phi) is 6.23. The summed E-state index contributed by atoms with van der Waals surface area (Å²) in [5, 5.41) is 20.4. The quantitative estimate of drug-likeness (QED) is 0.268. The Morgan fingerprint density at radius 1 is 1.00 bits per heavy atom. The molecule has 10 heteroatoms. The van der Waals surface area contributed by atoms with Crippen LogP contribution >= 0.6 is 0 Å². The second-order valence-corrected chi connectivity index (χ2v) is 8.37. The molecule has 3 aromatic carbocycles. The first-order valence-electron chi connectivity index (χ1n) is 11.4. The van der Waals surface area contributed by atoms with E-state index in [1.807, 2.05) is 42.5 Å². The molecule has 1 amide bonds. The number of nitro groups is 1. The van der Waals surface area contributed by atoms with Gasteiger partial charge >= 0.3 is 0 Å². The molecule has 0 aliphatic rings. The van der Waals surface area contributed by atoms with Crippen LogP contribution < -0.4 is 10.9 Å². The van der Waals surface area contributed by atoms with E-state index < -0.39 is 4.92 Å². The van der Waals surface area contributed by atoms with E-state index in [2.05, 4.69) is 15.4 Å². The highest BCUT2D eigenvalue weighted by molar-refractivity contribution is 5.85. The molecule has 0 spiro atoms. The fraction of sp³-hybridized carbons (Fsp3) is 0.154. The first-order valence-corrected chi connectivity index (χ1v) is 11.4. The second-order valence-electron chi connectivity index (χ2n) is 8.37. The molecule has 5 rings (SSSR count). The number of benzene rings is 3. The molecule has 5 aromatic rings. The summed E-state index contributed by atoms with van der Waals surface area (Å²) in [7, 11) is 0. The van der Waals surface area contributed by atoms with E-state index in [0.29, 0.717) is 36.2 Å².